The Balaban J connectivity index is 1.59. The summed E-state index contributed by atoms with van der Waals surface area (Å²) in [6.45, 7) is 0.943. The minimum absolute atomic E-state index is 0.0794. The number of aromatic nitrogens is 1. The fraction of sp³-hybridized carbons (Fsp3) is 0.417. The standard InChI is InChI=1S/C24H30N4O4S/c1-32-20-8-4-3-7-18(20)23(30)26-19(12-16-33-2)24(31)28-14-10-17(11-15-28)22(29)27-21-9-5-6-13-25-21/h3-9,13,17,19H,10-12,14-16H2,1-2H3,(H,26,30)(H,25,27,29). The third-order valence-corrected chi connectivity index (χ3v) is 6.30. The molecule has 2 heterocycles. The molecule has 1 atom stereocenters. The molecule has 8 nitrogen and oxygen atoms in total. The molecule has 1 aliphatic heterocycles. The molecule has 176 valence electrons. The van der Waals surface area contributed by atoms with Gasteiger partial charge >= 0.3 is 0 Å². The molecule has 1 aliphatic rings. The van der Waals surface area contributed by atoms with E-state index < -0.39 is 6.04 Å². The maximum Gasteiger partial charge on any atom is 0.255 e. The molecule has 0 spiro atoms. The lowest BCUT2D eigenvalue weighted by Gasteiger charge is -2.34. The summed E-state index contributed by atoms with van der Waals surface area (Å²) in [5.41, 5.74) is 0.395. The molecule has 1 fully saturated rings. The van der Waals surface area contributed by atoms with Crippen LogP contribution < -0.4 is 15.4 Å². The molecular weight excluding hydrogens is 440 g/mol. The molecule has 2 aromatic rings. The Morgan fingerprint density at radius 1 is 1.15 bits per heavy atom. The number of pyridine rings is 1. The van der Waals surface area contributed by atoms with Crippen molar-refractivity contribution >= 4 is 35.3 Å². The number of hydrogen-bond acceptors (Lipinski definition) is 6. The number of benzene rings is 1. The molecule has 3 rings (SSSR count). The molecular formula is C24H30N4O4S. The van der Waals surface area contributed by atoms with E-state index in [9.17, 15) is 14.4 Å². The number of likely N-dealkylation sites (tertiary alicyclic amines) is 1. The predicted molar refractivity (Wildman–Crippen MR) is 129 cm³/mol. The molecule has 3 amide bonds. The van der Waals surface area contributed by atoms with E-state index in [-0.39, 0.29) is 23.6 Å². The van der Waals surface area contributed by atoms with Gasteiger partial charge < -0.3 is 20.3 Å². The number of ether oxygens (including phenoxy) is 1. The van der Waals surface area contributed by atoms with Crippen LogP contribution in [-0.2, 0) is 9.59 Å². The smallest absolute Gasteiger partial charge is 0.255 e. The summed E-state index contributed by atoms with van der Waals surface area (Å²) in [7, 11) is 1.51. The summed E-state index contributed by atoms with van der Waals surface area (Å²) < 4.78 is 5.28. The largest absolute Gasteiger partial charge is 0.496 e. The molecule has 0 bridgehead atoms. The average Bonchev–Trinajstić information content (AvgIpc) is 2.86. The van der Waals surface area contributed by atoms with Gasteiger partial charge in [0.1, 0.15) is 17.6 Å². The maximum absolute atomic E-state index is 13.3. The minimum Gasteiger partial charge on any atom is -0.496 e. The number of nitrogens with zero attached hydrogens (tertiary/aromatic N) is 2. The third kappa shape index (κ3) is 6.71. The number of para-hydroxylation sites is 1. The van der Waals surface area contributed by atoms with Gasteiger partial charge in [0.25, 0.3) is 5.91 Å². The van der Waals surface area contributed by atoms with Gasteiger partial charge in [-0.25, -0.2) is 4.98 Å². The lowest BCUT2D eigenvalue weighted by atomic mass is 9.95. The van der Waals surface area contributed by atoms with Gasteiger partial charge in [0.2, 0.25) is 11.8 Å². The Morgan fingerprint density at radius 3 is 2.55 bits per heavy atom. The maximum atomic E-state index is 13.3. The number of carbonyl (C=O) groups excluding carboxylic acids is 3. The summed E-state index contributed by atoms with van der Waals surface area (Å²) in [6, 6.07) is 11.7. The van der Waals surface area contributed by atoms with Gasteiger partial charge in [-0.2, -0.15) is 11.8 Å². The van der Waals surface area contributed by atoms with Crippen LogP contribution in [0.3, 0.4) is 0 Å². The molecule has 9 heteroatoms. The Bertz CT molecular complexity index is 948. The highest BCUT2D eigenvalue weighted by Crippen LogP contribution is 2.21. The number of anilines is 1. The zero-order valence-corrected chi connectivity index (χ0v) is 19.8. The van der Waals surface area contributed by atoms with Crippen LogP contribution in [0.15, 0.2) is 48.7 Å². The van der Waals surface area contributed by atoms with Crippen molar-refractivity contribution < 1.29 is 19.1 Å². The van der Waals surface area contributed by atoms with Crippen molar-refractivity contribution in [2.45, 2.75) is 25.3 Å². The first-order chi connectivity index (χ1) is 16.0. The first-order valence-corrected chi connectivity index (χ1v) is 12.4. The van der Waals surface area contributed by atoms with E-state index in [2.05, 4.69) is 15.6 Å². The second kappa shape index (κ2) is 12.2. The number of thioether (sulfide) groups is 1. The van der Waals surface area contributed by atoms with Crippen LogP contribution >= 0.6 is 11.8 Å². The number of hydrogen-bond donors (Lipinski definition) is 2. The first kappa shape index (κ1) is 24.6. The molecule has 33 heavy (non-hydrogen) atoms. The molecule has 1 saturated heterocycles. The van der Waals surface area contributed by atoms with E-state index in [0.717, 1.165) is 5.75 Å². The summed E-state index contributed by atoms with van der Waals surface area (Å²) in [5, 5.41) is 5.73. The highest BCUT2D eigenvalue weighted by molar-refractivity contribution is 7.98. The van der Waals surface area contributed by atoms with Gasteiger partial charge in [-0.15, -0.1) is 0 Å². The van der Waals surface area contributed by atoms with E-state index in [1.54, 1.807) is 59.3 Å². The summed E-state index contributed by atoms with van der Waals surface area (Å²) in [6.07, 6.45) is 5.27. The fourth-order valence-corrected chi connectivity index (χ4v) is 4.28. The van der Waals surface area contributed by atoms with Crippen molar-refractivity contribution in [1.82, 2.24) is 15.2 Å². The Morgan fingerprint density at radius 2 is 1.88 bits per heavy atom. The van der Waals surface area contributed by atoms with Crippen LogP contribution in [0.25, 0.3) is 0 Å². The Hall–Kier alpha value is -3.07. The normalized spacial score (nSPS) is 14.9. The van der Waals surface area contributed by atoms with Crippen molar-refractivity contribution in [2.75, 3.05) is 37.5 Å². The summed E-state index contributed by atoms with van der Waals surface area (Å²) in [4.78, 5) is 44.6. The second-order valence-electron chi connectivity index (χ2n) is 7.81. The van der Waals surface area contributed by atoms with Crippen LogP contribution in [-0.4, -0.2) is 65.9 Å². The molecule has 2 N–H and O–H groups in total. The van der Waals surface area contributed by atoms with Gasteiger partial charge in [0.15, 0.2) is 0 Å². The topological polar surface area (TPSA) is 101 Å². The van der Waals surface area contributed by atoms with Gasteiger partial charge in [0.05, 0.1) is 12.7 Å². The highest BCUT2D eigenvalue weighted by atomic mass is 32.2. The highest BCUT2D eigenvalue weighted by Gasteiger charge is 2.32. The van der Waals surface area contributed by atoms with Crippen LogP contribution in [0.2, 0.25) is 0 Å². The molecule has 1 aromatic carbocycles. The van der Waals surface area contributed by atoms with E-state index >= 15 is 0 Å². The van der Waals surface area contributed by atoms with Crippen molar-refractivity contribution in [1.29, 1.82) is 0 Å². The van der Waals surface area contributed by atoms with Crippen molar-refractivity contribution in [3.8, 4) is 5.75 Å². The van der Waals surface area contributed by atoms with E-state index in [1.807, 2.05) is 12.3 Å². The Kier molecular flexibility index (Phi) is 9.12. The second-order valence-corrected chi connectivity index (χ2v) is 8.80. The Labute approximate surface area is 198 Å². The first-order valence-electron chi connectivity index (χ1n) is 11.0. The quantitative estimate of drug-likeness (QED) is 0.585. The van der Waals surface area contributed by atoms with Crippen molar-refractivity contribution in [2.24, 2.45) is 5.92 Å². The van der Waals surface area contributed by atoms with Gasteiger partial charge in [-0.1, -0.05) is 18.2 Å². The predicted octanol–water partition coefficient (Wildman–Crippen LogP) is 2.82. The average molecular weight is 471 g/mol. The zero-order valence-electron chi connectivity index (χ0n) is 19.0. The minimum atomic E-state index is -0.631. The molecule has 0 saturated carbocycles. The number of rotatable bonds is 9. The summed E-state index contributed by atoms with van der Waals surface area (Å²) in [5.74, 6) is 1.02. The number of amides is 3. The van der Waals surface area contributed by atoms with E-state index in [0.29, 0.717) is 49.5 Å². The van der Waals surface area contributed by atoms with Gasteiger partial charge in [-0.3, -0.25) is 14.4 Å². The number of carbonyl (C=O) groups is 3. The van der Waals surface area contributed by atoms with Crippen LogP contribution in [0.1, 0.15) is 29.6 Å². The van der Waals surface area contributed by atoms with Gasteiger partial charge in [0, 0.05) is 25.2 Å². The van der Waals surface area contributed by atoms with Crippen molar-refractivity contribution in [3.63, 3.8) is 0 Å². The molecule has 1 unspecified atom stereocenters. The monoisotopic (exact) mass is 470 g/mol. The lowest BCUT2D eigenvalue weighted by molar-refractivity contribution is -0.136. The van der Waals surface area contributed by atoms with E-state index in [4.69, 9.17) is 4.74 Å². The molecule has 0 aliphatic carbocycles. The zero-order chi connectivity index (χ0) is 23.6. The summed E-state index contributed by atoms with van der Waals surface area (Å²) >= 11 is 1.62. The van der Waals surface area contributed by atoms with Crippen LogP contribution in [0, 0.1) is 5.92 Å². The van der Waals surface area contributed by atoms with Gasteiger partial charge in [-0.05, 0) is 55.5 Å². The number of methoxy groups -OCH3 is 1. The van der Waals surface area contributed by atoms with Crippen molar-refractivity contribution in [3.05, 3.63) is 54.2 Å². The number of piperidine rings is 1. The van der Waals surface area contributed by atoms with Crippen LogP contribution in [0.5, 0.6) is 5.75 Å². The molecule has 1 aromatic heterocycles. The van der Waals surface area contributed by atoms with Crippen LogP contribution in [0.4, 0.5) is 5.82 Å². The third-order valence-electron chi connectivity index (χ3n) is 5.66. The fourth-order valence-electron chi connectivity index (χ4n) is 3.81. The van der Waals surface area contributed by atoms with E-state index in [1.165, 1.54) is 7.11 Å². The lowest BCUT2D eigenvalue weighted by Crippen LogP contribution is -2.51. The molecule has 0 radical (unpaired) electrons. The SMILES string of the molecule is COc1ccccc1C(=O)NC(CCSC)C(=O)N1CCC(C(=O)Nc2ccccn2)CC1. The number of nitrogens with one attached hydrogen (secondary N) is 2.